The maximum Gasteiger partial charge on any atom is 0.416 e. The van der Waals surface area contributed by atoms with Gasteiger partial charge in [0.25, 0.3) is 0 Å². The molecule has 0 amide bonds. The number of rotatable bonds is 7. The summed E-state index contributed by atoms with van der Waals surface area (Å²) in [4.78, 5) is 3.85. The second kappa shape index (κ2) is 17.1. The van der Waals surface area contributed by atoms with Gasteiger partial charge < -0.3 is 9.13 Å². The second-order valence-electron chi connectivity index (χ2n) is 17.8. The maximum absolute atomic E-state index is 15.2. The first-order chi connectivity index (χ1) is 34.9. The summed E-state index contributed by atoms with van der Waals surface area (Å²) in [5.41, 5.74) is 7.85. The van der Waals surface area contributed by atoms with Crippen LogP contribution in [0.5, 0.6) is 0 Å². The molecule has 2 aromatic heterocycles. The molecule has 0 bridgehead atoms. The molecular formula is C63H37F6N3. The number of aromatic nitrogens is 2. The summed E-state index contributed by atoms with van der Waals surface area (Å²) >= 11 is 0. The van der Waals surface area contributed by atoms with Crippen LogP contribution in [0.25, 0.3) is 115 Å². The summed E-state index contributed by atoms with van der Waals surface area (Å²) in [6.07, 6.45) is -10.3. The minimum absolute atomic E-state index is 0.134. The normalized spacial score (nSPS) is 12.0. The van der Waals surface area contributed by atoms with Crippen LogP contribution in [0.15, 0.2) is 224 Å². The van der Waals surface area contributed by atoms with Crippen LogP contribution in [0.1, 0.15) is 11.1 Å². The van der Waals surface area contributed by atoms with E-state index in [1.165, 1.54) is 0 Å². The van der Waals surface area contributed by atoms with Crippen molar-refractivity contribution in [1.29, 1.82) is 0 Å². The first kappa shape index (κ1) is 44.1. The van der Waals surface area contributed by atoms with Crippen LogP contribution in [-0.4, -0.2) is 9.13 Å². The number of hydrogen-bond donors (Lipinski definition) is 0. The predicted molar refractivity (Wildman–Crippen MR) is 279 cm³/mol. The molecule has 0 aliphatic heterocycles. The van der Waals surface area contributed by atoms with E-state index in [4.69, 9.17) is 6.57 Å². The maximum atomic E-state index is 15.2. The molecule has 0 saturated heterocycles. The first-order valence-corrected chi connectivity index (χ1v) is 23.2. The summed E-state index contributed by atoms with van der Waals surface area (Å²) < 4.78 is 92.1. The molecular weight excluding hydrogens is 913 g/mol. The molecule has 12 rings (SSSR count). The Bertz CT molecular complexity index is 3920. The molecule has 9 heteroatoms. The molecule has 346 valence electrons. The molecule has 10 aromatic carbocycles. The molecule has 0 aliphatic rings. The smallest absolute Gasteiger partial charge is 0.308 e. The third-order valence-corrected chi connectivity index (χ3v) is 13.6. The van der Waals surface area contributed by atoms with E-state index in [1.54, 1.807) is 12.1 Å². The lowest BCUT2D eigenvalue weighted by molar-refractivity contribution is -0.142. The van der Waals surface area contributed by atoms with Gasteiger partial charge in [-0.3, -0.25) is 0 Å². The Kier molecular flexibility index (Phi) is 10.5. The van der Waals surface area contributed by atoms with E-state index in [-0.39, 0.29) is 17.3 Å². The number of alkyl halides is 6. The monoisotopic (exact) mass is 949 g/mol. The van der Waals surface area contributed by atoms with Gasteiger partial charge in [-0.15, -0.1) is 0 Å². The van der Waals surface area contributed by atoms with Crippen LogP contribution in [0.3, 0.4) is 0 Å². The van der Waals surface area contributed by atoms with Crippen LogP contribution in [0, 0.1) is 6.57 Å². The number of benzene rings is 10. The van der Waals surface area contributed by atoms with Gasteiger partial charge in [-0.05, 0) is 128 Å². The summed E-state index contributed by atoms with van der Waals surface area (Å²) in [6.45, 7) is 8.56. The van der Waals surface area contributed by atoms with Crippen molar-refractivity contribution in [3.8, 4) is 67.0 Å². The quantitative estimate of drug-likeness (QED) is 0.112. The number of nitrogens with zero attached hydrogens (tertiary/aromatic N) is 3. The third-order valence-electron chi connectivity index (χ3n) is 13.6. The van der Waals surface area contributed by atoms with Gasteiger partial charge in [-0.25, -0.2) is 4.85 Å². The van der Waals surface area contributed by atoms with Gasteiger partial charge in [0.05, 0.1) is 51.1 Å². The summed E-state index contributed by atoms with van der Waals surface area (Å²) in [7, 11) is 0. The molecule has 0 saturated carbocycles. The highest BCUT2D eigenvalue weighted by molar-refractivity contribution is 6.14. The predicted octanol–water partition coefficient (Wildman–Crippen LogP) is 18.8. The lowest BCUT2D eigenvalue weighted by Crippen LogP contribution is -2.12. The van der Waals surface area contributed by atoms with Gasteiger partial charge in [-0.1, -0.05) is 152 Å². The SMILES string of the molecule is [C-]#[N+]c1cc(-n2c3ccc(-c4ccccc4)cc3c3cc(-c4ccccc4)ccc32)c(-n2c3ccc(-c4ccccc4)cc3c3cc(-c4ccccc4)ccc32)cc1-c1ccc(C(F)(F)F)cc1C(F)(F)F. The molecule has 0 spiro atoms. The third kappa shape index (κ3) is 7.56. The molecule has 0 aliphatic carbocycles. The van der Waals surface area contributed by atoms with Crippen molar-refractivity contribution >= 4 is 49.3 Å². The Labute approximate surface area is 409 Å². The summed E-state index contributed by atoms with van der Waals surface area (Å²) in [5, 5.41) is 3.51. The summed E-state index contributed by atoms with van der Waals surface area (Å²) in [5.74, 6) is 0. The highest BCUT2D eigenvalue weighted by Crippen LogP contribution is 2.48. The molecule has 72 heavy (non-hydrogen) atoms. The van der Waals surface area contributed by atoms with Gasteiger partial charge in [0.2, 0.25) is 0 Å². The van der Waals surface area contributed by atoms with Gasteiger partial charge in [0, 0.05) is 21.5 Å². The fourth-order valence-corrected chi connectivity index (χ4v) is 10.2. The Morgan fingerprint density at radius 3 is 0.986 bits per heavy atom. The van der Waals surface area contributed by atoms with Gasteiger partial charge in [0.1, 0.15) is 0 Å². The van der Waals surface area contributed by atoms with Gasteiger partial charge in [-0.2, -0.15) is 26.3 Å². The number of fused-ring (bicyclic) bond motifs is 6. The molecule has 0 unspecified atom stereocenters. The highest BCUT2D eigenvalue weighted by atomic mass is 19.4. The van der Waals surface area contributed by atoms with E-state index in [9.17, 15) is 13.2 Å². The lowest BCUT2D eigenvalue weighted by atomic mass is 9.94. The molecule has 0 radical (unpaired) electrons. The Morgan fingerprint density at radius 1 is 0.319 bits per heavy atom. The lowest BCUT2D eigenvalue weighted by Gasteiger charge is -2.22. The molecule has 0 N–H and O–H groups in total. The van der Waals surface area contributed by atoms with Crippen molar-refractivity contribution in [3.63, 3.8) is 0 Å². The average Bonchev–Trinajstić information content (AvgIpc) is 3.92. The molecule has 3 nitrogen and oxygen atoms in total. The zero-order valence-electron chi connectivity index (χ0n) is 38.0. The second-order valence-corrected chi connectivity index (χ2v) is 17.8. The van der Waals surface area contributed by atoms with Gasteiger partial charge in [0.15, 0.2) is 5.69 Å². The Hall–Kier alpha value is -9.13. The standard InChI is InChI=1S/C63H37F6N3/c1-70-55-38-61(72-58-30-24-45(41-18-10-4-11-19-41)34-52(58)53-35-46(25-31-59(53)72)42-20-12-5-13-21-42)60(37-49(55)48-27-26-47(62(64,65)66)36-54(48)63(67,68)69)71-56-28-22-43(39-14-6-2-7-15-39)32-50(56)51-33-44(23-29-57(51)71)40-16-8-3-9-17-40/h2-38H. The minimum Gasteiger partial charge on any atom is -0.308 e. The Morgan fingerprint density at radius 2 is 0.667 bits per heavy atom. The molecule has 0 atom stereocenters. The van der Waals surface area contributed by atoms with Crippen molar-refractivity contribution in [2.45, 2.75) is 12.4 Å². The van der Waals surface area contributed by atoms with Crippen molar-refractivity contribution in [1.82, 2.24) is 9.13 Å². The molecule has 2 heterocycles. The van der Waals surface area contributed by atoms with E-state index in [0.29, 0.717) is 17.4 Å². The van der Waals surface area contributed by atoms with Crippen LogP contribution < -0.4 is 0 Å². The highest BCUT2D eigenvalue weighted by Gasteiger charge is 2.39. The molecule has 12 aromatic rings. The zero-order valence-corrected chi connectivity index (χ0v) is 38.0. The fraction of sp³-hybridized carbons (Fsp3) is 0.0317. The van der Waals surface area contributed by atoms with E-state index in [0.717, 1.165) is 94.2 Å². The van der Waals surface area contributed by atoms with E-state index in [1.807, 2.05) is 179 Å². The van der Waals surface area contributed by atoms with Crippen molar-refractivity contribution in [2.75, 3.05) is 0 Å². The van der Waals surface area contributed by atoms with Crippen LogP contribution in [0.2, 0.25) is 0 Å². The zero-order chi connectivity index (χ0) is 49.3. The largest absolute Gasteiger partial charge is 0.416 e. The van der Waals surface area contributed by atoms with Crippen LogP contribution in [0.4, 0.5) is 32.0 Å². The van der Waals surface area contributed by atoms with Crippen molar-refractivity contribution in [3.05, 3.63) is 247 Å². The van der Waals surface area contributed by atoms with Crippen molar-refractivity contribution < 1.29 is 26.3 Å². The average molecular weight is 950 g/mol. The van der Waals surface area contributed by atoms with E-state index < -0.39 is 29.0 Å². The van der Waals surface area contributed by atoms with Crippen LogP contribution in [-0.2, 0) is 12.4 Å². The van der Waals surface area contributed by atoms with E-state index in [2.05, 4.69) is 29.1 Å². The number of hydrogen-bond acceptors (Lipinski definition) is 0. The van der Waals surface area contributed by atoms with Crippen molar-refractivity contribution in [2.24, 2.45) is 0 Å². The number of halogens is 6. The van der Waals surface area contributed by atoms with Crippen LogP contribution >= 0.6 is 0 Å². The van der Waals surface area contributed by atoms with Gasteiger partial charge >= 0.3 is 12.4 Å². The minimum atomic E-state index is -5.21. The topological polar surface area (TPSA) is 14.2 Å². The Balaban J connectivity index is 1.22. The molecule has 0 fully saturated rings. The van der Waals surface area contributed by atoms with E-state index >= 15 is 13.2 Å². The first-order valence-electron chi connectivity index (χ1n) is 23.2. The summed E-state index contributed by atoms with van der Waals surface area (Å²) in [6, 6.07) is 69.2. The fourth-order valence-electron chi connectivity index (χ4n) is 10.2.